The molecule has 0 aromatic heterocycles. The summed E-state index contributed by atoms with van der Waals surface area (Å²) in [6.07, 6.45) is 2.82. The van der Waals surface area contributed by atoms with Crippen molar-refractivity contribution in [3.63, 3.8) is 0 Å². The molecule has 1 atom stereocenters. The van der Waals surface area contributed by atoms with Crippen LogP contribution in [0, 0.1) is 11.6 Å². The van der Waals surface area contributed by atoms with Gasteiger partial charge in [-0.3, -0.25) is 9.59 Å². The Balaban J connectivity index is 2.87. The van der Waals surface area contributed by atoms with Gasteiger partial charge >= 0.3 is 6.09 Å². The molecule has 0 fully saturated rings. The molecule has 0 unspecified atom stereocenters. The molecule has 0 aliphatic heterocycles. The number of nitrogens with one attached hydrogen (secondary N) is 2. The first-order valence-electron chi connectivity index (χ1n) is 11.3. The van der Waals surface area contributed by atoms with Crippen LogP contribution < -0.4 is 15.4 Å². The number of nitrogens with zero attached hydrogens (tertiary/aromatic N) is 1. The zero-order valence-electron chi connectivity index (χ0n) is 20.8. The van der Waals surface area contributed by atoms with E-state index in [0.717, 1.165) is 24.3 Å². The summed E-state index contributed by atoms with van der Waals surface area (Å²) in [6, 6.07) is 1.91. The fraction of sp³-hybridized carbons (Fsp3) is 0.440. The summed E-state index contributed by atoms with van der Waals surface area (Å²) in [4.78, 5) is 40.2. The summed E-state index contributed by atoms with van der Waals surface area (Å²) in [7, 11) is 0. The molecule has 8 nitrogen and oxygen atoms in total. The lowest BCUT2D eigenvalue weighted by molar-refractivity contribution is -0.127. The molecule has 1 aromatic carbocycles. The highest BCUT2D eigenvalue weighted by atomic mass is 19.1. The predicted octanol–water partition coefficient (Wildman–Crippen LogP) is 4.55. The number of carbonyl (C=O) groups excluding carboxylic acids is 3. The standard InChI is InChI=1S/C25H32F3N3O5/c1-6-10-16(22(28)29-5)23(33)31-19(13-7-8-14-30-24(34)36-25(2,3)4)20(32)15-35-21-17(26)11-9-12-18(21)27/h6,9-12,19H,5,7-8,13-15H2,1-4H3,(H,30,34)(H,31,33)/b10-6-,22-16+/t19-/m0/s1. The van der Waals surface area contributed by atoms with Crippen LogP contribution in [0.2, 0.25) is 0 Å². The minimum atomic E-state index is -1.17. The normalized spacial score (nSPS) is 13.0. The molecular weight excluding hydrogens is 479 g/mol. The second-order valence-electron chi connectivity index (χ2n) is 8.62. The molecule has 0 saturated carbocycles. The quantitative estimate of drug-likeness (QED) is 0.133. The molecule has 36 heavy (non-hydrogen) atoms. The Hall–Kier alpha value is -3.63. The van der Waals surface area contributed by atoms with Gasteiger partial charge in [0.05, 0.1) is 11.6 Å². The Labute approximate surface area is 208 Å². The Morgan fingerprint density at radius 1 is 1.17 bits per heavy atom. The number of amides is 2. The van der Waals surface area contributed by atoms with E-state index in [1.807, 2.05) is 0 Å². The number of ketones is 1. The molecule has 0 aliphatic carbocycles. The van der Waals surface area contributed by atoms with E-state index in [9.17, 15) is 27.6 Å². The fourth-order valence-electron chi connectivity index (χ4n) is 2.88. The molecule has 11 heteroatoms. The number of ether oxygens (including phenoxy) is 2. The minimum Gasteiger partial charge on any atom is -0.480 e. The Morgan fingerprint density at radius 2 is 1.81 bits per heavy atom. The third-order valence-corrected chi connectivity index (χ3v) is 4.50. The zero-order valence-corrected chi connectivity index (χ0v) is 20.8. The zero-order chi connectivity index (χ0) is 27.3. The van der Waals surface area contributed by atoms with Crippen molar-refractivity contribution in [2.45, 2.75) is 58.6 Å². The van der Waals surface area contributed by atoms with E-state index >= 15 is 0 Å². The van der Waals surface area contributed by atoms with Crippen molar-refractivity contribution in [2.75, 3.05) is 13.2 Å². The van der Waals surface area contributed by atoms with Gasteiger partial charge < -0.3 is 20.1 Å². The van der Waals surface area contributed by atoms with E-state index in [4.69, 9.17) is 9.47 Å². The van der Waals surface area contributed by atoms with E-state index in [-0.39, 0.29) is 13.0 Å². The van der Waals surface area contributed by atoms with Gasteiger partial charge in [0, 0.05) is 6.54 Å². The highest BCUT2D eigenvalue weighted by molar-refractivity contribution is 6.00. The number of Topliss-reactive ketones (excluding diaryl/α,β-unsaturated/α-hetero) is 1. The first-order chi connectivity index (χ1) is 16.9. The van der Waals surface area contributed by atoms with E-state index in [0.29, 0.717) is 12.8 Å². The first-order valence-corrected chi connectivity index (χ1v) is 11.3. The first kappa shape index (κ1) is 30.4. The van der Waals surface area contributed by atoms with Crippen LogP contribution >= 0.6 is 0 Å². The second kappa shape index (κ2) is 14.7. The molecule has 0 radical (unpaired) electrons. The van der Waals surface area contributed by atoms with Crippen molar-refractivity contribution in [1.29, 1.82) is 0 Å². The summed E-state index contributed by atoms with van der Waals surface area (Å²) in [5.74, 6) is -5.47. The van der Waals surface area contributed by atoms with Gasteiger partial charge in [-0.2, -0.15) is 4.39 Å². The van der Waals surface area contributed by atoms with Crippen LogP contribution in [0.4, 0.5) is 18.0 Å². The Kier molecular flexibility index (Phi) is 12.4. The molecule has 198 valence electrons. The van der Waals surface area contributed by atoms with Crippen LogP contribution in [0.3, 0.4) is 0 Å². The minimum absolute atomic E-state index is 0.0793. The van der Waals surface area contributed by atoms with Gasteiger partial charge in [-0.15, -0.1) is 0 Å². The molecule has 0 aliphatic rings. The molecule has 0 heterocycles. The van der Waals surface area contributed by atoms with Crippen LogP contribution in [0.15, 0.2) is 46.9 Å². The van der Waals surface area contributed by atoms with E-state index in [1.54, 1.807) is 27.7 Å². The van der Waals surface area contributed by atoms with Crippen molar-refractivity contribution in [3.05, 3.63) is 53.5 Å². The number of aliphatic imine (C=N–C) groups is 1. The molecular formula is C25H32F3N3O5. The molecule has 2 N–H and O–H groups in total. The maximum atomic E-state index is 14.0. The van der Waals surface area contributed by atoms with Gasteiger partial charge in [0.2, 0.25) is 5.95 Å². The van der Waals surface area contributed by atoms with Crippen LogP contribution in [0.25, 0.3) is 0 Å². The maximum absolute atomic E-state index is 14.0. The van der Waals surface area contributed by atoms with Crippen LogP contribution in [0.5, 0.6) is 5.75 Å². The van der Waals surface area contributed by atoms with E-state index in [1.165, 1.54) is 6.08 Å². The molecule has 2 amide bonds. The van der Waals surface area contributed by atoms with Crippen molar-refractivity contribution in [1.82, 2.24) is 10.6 Å². The molecule has 0 saturated heterocycles. The smallest absolute Gasteiger partial charge is 0.407 e. The number of alkyl carbamates (subject to hydrolysis) is 1. The number of halogens is 3. The van der Waals surface area contributed by atoms with Crippen LogP contribution in [-0.4, -0.2) is 49.3 Å². The number of unbranched alkanes of at least 4 members (excludes halogenated alkanes) is 1. The maximum Gasteiger partial charge on any atom is 0.407 e. The van der Waals surface area contributed by atoms with Gasteiger partial charge in [-0.25, -0.2) is 18.6 Å². The topological polar surface area (TPSA) is 106 Å². The summed E-state index contributed by atoms with van der Waals surface area (Å²) in [6.45, 7) is 9.26. The van der Waals surface area contributed by atoms with Crippen LogP contribution in [-0.2, 0) is 14.3 Å². The SMILES string of the molecule is C=N/C(F)=C(\C=C/C)C(=O)N[C@@H](CCCCNC(=O)OC(C)(C)C)C(=O)COc1c(F)cccc1F. The Morgan fingerprint density at radius 3 is 2.36 bits per heavy atom. The molecule has 0 bridgehead atoms. The molecule has 0 spiro atoms. The lowest BCUT2D eigenvalue weighted by Crippen LogP contribution is -2.43. The lowest BCUT2D eigenvalue weighted by atomic mass is 10.0. The number of rotatable bonds is 13. The number of hydrogen-bond acceptors (Lipinski definition) is 6. The average molecular weight is 512 g/mol. The fourth-order valence-corrected chi connectivity index (χ4v) is 2.88. The van der Waals surface area contributed by atoms with Crippen molar-refractivity contribution in [3.8, 4) is 5.75 Å². The number of benzene rings is 1. The largest absolute Gasteiger partial charge is 0.480 e. The average Bonchev–Trinajstić information content (AvgIpc) is 2.79. The third kappa shape index (κ3) is 10.7. The van der Waals surface area contributed by atoms with Crippen molar-refractivity contribution in [2.24, 2.45) is 4.99 Å². The molecule has 1 rings (SSSR count). The number of hydrogen-bond donors (Lipinski definition) is 2. The lowest BCUT2D eigenvalue weighted by Gasteiger charge is -2.20. The van der Waals surface area contributed by atoms with E-state index in [2.05, 4.69) is 22.3 Å². The highest BCUT2D eigenvalue weighted by Crippen LogP contribution is 2.21. The Bertz CT molecular complexity index is 983. The summed E-state index contributed by atoms with van der Waals surface area (Å²) in [5.41, 5.74) is -1.10. The summed E-state index contributed by atoms with van der Waals surface area (Å²) >= 11 is 0. The van der Waals surface area contributed by atoms with Gasteiger partial charge in [-0.1, -0.05) is 12.1 Å². The number of allylic oxidation sites excluding steroid dienone is 1. The number of carbonyl (C=O) groups is 3. The van der Waals surface area contributed by atoms with Crippen LogP contribution in [0.1, 0.15) is 47.0 Å². The monoisotopic (exact) mass is 511 g/mol. The summed E-state index contributed by atoms with van der Waals surface area (Å²) in [5, 5.41) is 4.98. The number of para-hydroxylation sites is 1. The molecule has 1 aromatic rings. The van der Waals surface area contributed by atoms with Crippen molar-refractivity contribution < 1.29 is 37.0 Å². The third-order valence-electron chi connectivity index (χ3n) is 4.50. The van der Waals surface area contributed by atoms with E-state index < -0.39 is 64.9 Å². The van der Waals surface area contributed by atoms with Gasteiger partial charge in [0.1, 0.15) is 12.2 Å². The highest BCUT2D eigenvalue weighted by Gasteiger charge is 2.24. The van der Waals surface area contributed by atoms with Gasteiger partial charge in [-0.05, 0) is 71.9 Å². The second-order valence-corrected chi connectivity index (χ2v) is 8.62. The van der Waals surface area contributed by atoms with Gasteiger partial charge in [0.25, 0.3) is 5.91 Å². The predicted molar refractivity (Wildman–Crippen MR) is 129 cm³/mol. The van der Waals surface area contributed by atoms with Crippen molar-refractivity contribution >= 4 is 24.5 Å². The summed E-state index contributed by atoms with van der Waals surface area (Å²) < 4.78 is 51.8. The van der Waals surface area contributed by atoms with Gasteiger partial charge in [0.15, 0.2) is 23.2 Å².